The fourth-order valence-corrected chi connectivity index (χ4v) is 5.40. The van der Waals surface area contributed by atoms with Crippen LogP contribution in [0.15, 0.2) is 41.0 Å². The van der Waals surface area contributed by atoms with E-state index in [9.17, 15) is 19.5 Å². The van der Waals surface area contributed by atoms with Crippen LogP contribution in [0, 0.1) is 6.92 Å². The average molecular weight is 505 g/mol. The Balaban J connectivity index is 1.53. The number of aromatic nitrogens is 3. The van der Waals surface area contributed by atoms with Crippen LogP contribution >= 0.6 is 23.3 Å². The molecule has 2 aliphatic heterocycles. The molecular weight excluding hydrogens is 482 g/mol. The van der Waals surface area contributed by atoms with Gasteiger partial charge in [0.2, 0.25) is 11.5 Å². The topological polar surface area (TPSA) is 164 Å². The Morgan fingerprint density at radius 2 is 2.26 bits per heavy atom. The highest BCUT2D eigenvalue weighted by atomic mass is 32.2. The highest BCUT2D eigenvalue weighted by Gasteiger charge is 2.54. The second kappa shape index (κ2) is 9.77. The molecule has 4 N–H and O–H groups in total. The zero-order valence-corrected chi connectivity index (χ0v) is 19.9. The molecule has 2 amide bonds. The molecule has 12 nitrogen and oxygen atoms in total. The number of rotatable bonds is 8. The molecule has 0 aliphatic carbocycles. The lowest BCUT2D eigenvalue weighted by Gasteiger charge is -2.49. The molecule has 34 heavy (non-hydrogen) atoms. The van der Waals surface area contributed by atoms with Crippen LogP contribution in [0.4, 0.5) is 5.13 Å². The van der Waals surface area contributed by atoms with Gasteiger partial charge in [-0.25, -0.2) is 9.36 Å². The number of aliphatic carboxylic acids is 1. The van der Waals surface area contributed by atoms with Crippen molar-refractivity contribution >= 4 is 51.9 Å². The lowest BCUT2D eigenvalue weighted by Crippen LogP contribution is -2.71. The number of oxime groups is 1. The second-order valence-electron chi connectivity index (χ2n) is 7.49. The lowest BCUT2D eigenvalue weighted by molar-refractivity contribution is -0.689. The van der Waals surface area contributed by atoms with Crippen LogP contribution in [-0.4, -0.2) is 66.6 Å². The summed E-state index contributed by atoms with van der Waals surface area (Å²) in [6.07, 6.45) is 3.75. The first-order valence-corrected chi connectivity index (χ1v) is 12.1. The summed E-state index contributed by atoms with van der Waals surface area (Å²) in [7, 11) is 0. The maximum absolute atomic E-state index is 12.9. The zero-order chi connectivity index (χ0) is 24.4. The van der Waals surface area contributed by atoms with Gasteiger partial charge < -0.3 is 21.0 Å². The molecule has 1 saturated heterocycles. The Kier molecular flexibility index (Phi) is 6.79. The molecule has 0 aromatic carbocycles. The van der Waals surface area contributed by atoms with Gasteiger partial charge in [0.05, 0.1) is 0 Å². The van der Waals surface area contributed by atoms with Crippen LogP contribution in [0.3, 0.4) is 0 Å². The van der Waals surface area contributed by atoms with E-state index < -0.39 is 29.2 Å². The number of anilines is 1. The third-order valence-corrected chi connectivity index (χ3v) is 6.95. The number of carbonyl (C=O) groups is 3. The van der Waals surface area contributed by atoms with Gasteiger partial charge in [-0.1, -0.05) is 5.16 Å². The lowest BCUT2D eigenvalue weighted by atomic mass is 10.0. The first-order valence-electron chi connectivity index (χ1n) is 10.3. The summed E-state index contributed by atoms with van der Waals surface area (Å²) in [5, 5.41) is 15.8. The number of nitrogens with one attached hydrogen (secondary N) is 1. The van der Waals surface area contributed by atoms with E-state index in [1.807, 2.05) is 36.0 Å². The molecular formula is C20H22N7O5S2+. The number of hydrogen-bond acceptors (Lipinski definition) is 10. The van der Waals surface area contributed by atoms with Crippen molar-refractivity contribution in [2.24, 2.45) is 5.16 Å². The van der Waals surface area contributed by atoms with E-state index in [2.05, 4.69) is 19.8 Å². The molecule has 2 aromatic rings. The average Bonchev–Trinajstić information content (AvgIpc) is 3.23. The summed E-state index contributed by atoms with van der Waals surface area (Å²) in [6, 6.07) is 2.89. The number of β-lactam (4-membered cyclic amide) rings is 1. The second-order valence-corrected chi connectivity index (χ2v) is 9.37. The third kappa shape index (κ3) is 4.59. The van der Waals surface area contributed by atoms with E-state index in [0.29, 0.717) is 17.9 Å². The number of carboxylic acids is 1. The Labute approximate surface area is 202 Å². The van der Waals surface area contributed by atoms with E-state index in [0.717, 1.165) is 17.1 Å². The number of nitrogens with two attached hydrogens (primary N) is 1. The van der Waals surface area contributed by atoms with Crippen LogP contribution in [-0.2, 0) is 25.8 Å². The van der Waals surface area contributed by atoms with Crippen molar-refractivity contribution in [1.82, 2.24) is 19.6 Å². The number of aryl methyl sites for hydroxylation is 1. The number of amides is 2. The van der Waals surface area contributed by atoms with Crippen molar-refractivity contribution in [2.75, 3.05) is 18.1 Å². The Morgan fingerprint density at radius 3 is 2.91 bits per heavy atom. The molecule has 4 heterocycles. The number of nitrogens with zero attached hydrogens (tertiary/aromatic N) is 5. The fourth-order valence-electron chi connectivity index (χ4n) is 3.63. The number of hydrogen-bond donors (Lipinski definition) is 3. The molecule has 0 bridgehead atoms. The normalized spacial score (nSPS) is 20.0. The van der Waals surface area contributed by atoms with E-state index in [4.69, 9.17) is 10.6 Å². The maximum atomic E-state index is 12.9. The zero-order valence-electron chi connectivity index (χ0n) is 18.3. The molecule has 14 heteroatoms. The molecule has 1 unspecified atom stereocenters. The third-order valence-electron chi connectivity index (χ3n) is 5.07. The van der Waals surface area contributed by atoms with Crippen molar-refractivity contribution < 1.29 is 28.9 Å². The van der Waals surface area contributed by atoms with Gasteiger partial charge in [0, 0.05) is 34.5 Å². The van der Waals surface area contributed by atoms with Crippen molar-refractivity contribution in [3.8, 4) is 0 Å². The van der Waals surface area contributed by atoms with E-state index in [1.54, 1.807) is 6.92 Å². The van der Waals surface area contributed by atoms with Gasteiger partial charge >= 0.3 is 5.97 Å². The van der Waals surface area contributed by atoms with E-state index >= 15 is 0 Å². The summed E-state index contributed by atoms with van der Waals surface area (Å²) in [6.45, 7) is 4.19. The highest BCUT2D eigenvalue weighted by Crippen LogP contribution is 2.40. The largest absolute Gasteiger partial charge is 0.477 e. The predicted molar refractivity (Wildman–Crippen MR) is 124 cm³/mol. The summed E-state index contributed by atoms with van der Waals surface area (Å²) in [5.74, 6) is -2.04. The monoisotopic (exact) mass is 504 g/mol. The molecule has 0 spiro atoms. The number of pyridine rings is 1. The molecule has 2 aliphatic rings. The number of thioether (sulfide) groups is 1. The number of fused-ring (bicyclic) bond motifs is 1. The standard InChI is InChI=1S/C20H21N7O5S2/c1-3-32-24-12(15-23-20(21)34-25-15)16(28)22-13-17(29)27-14(19(30)31)11(9-33-18(13)27)8-26-6-4-5-10(2)7-26/h4-7,13,18H,3,8-9H2,1-2H3,(H3-,21,22,23,25,28,30,31)/p+1/t13?,18-/m1/s1. The van der Waals surface area contributed by atoms with Gasteiger partial charge in [-0.15, -0.1) is 11.8 Å². The maximum Gasteiger partial charge on any atom is 0.352 e. The van der Waals surface area contributed by atoms with Crippen molar-refractivity contribution in [2.45, 2.75) is 31.8 Å². The summed E-state index contributed by atoms with van der Waals surface area (Å²) in [4.78, 5) is 48.1. The van der Waals surface area contributed by atoms with Crippen LogP contribution in [0.25, 0.3) is 0 Å². The number of carbonyl (C=O) groups excluding carboxylic acids is 2. The minimum Gasteiger partial charge on any atom is -0.477 e. The van der Waals surface area contributed by atoms with Crippen LogP contribution in [0.2, 0.25) is 0 Å². The first kappa shape index (κ1) is 23.6. The van der Waals surface area contributed by atoms with E-state index in [1.165, 1.54) is 16.7 Å². The minimum atomic E-state index is -1.19. The predicted octanol–water partition coefficient (Wildman–Crippen LogP) is -0.104. The minimum absolute atomic E-state index is 0.0167. The molecule has 1 fully saturated rings. The first-order chi connectivity index (χ1) is 16.3. The number of nitrogen functional groups attached to an aromatic ring is 1. The SMILES string of the molecule is CCON=C(C(=O)NC1C(=O)N2C(C(=O)O)=C(C[n+]3cccc(C)c3)CS[C@H]12)c1nsc(N)n1. The van der Waals surface area contributed by atoms with Crippen molar-refractivity contribution in [3.05, 3.63) is 47.2 Å². The highest BCUT2D eigenvalue weighted by molar-refractivity contribution is 8.00. The van der Waals surface area contributed by atoms with Gasteiger partial charge in [-0.2, -0.15) is 9.36 Å². The fraction of sp³-hybridized carbons (Fsp3) is 0.350. The molecule has 178 valence electrons. The van der Waals surface area contributed by atoms with Gasteiger partial charge in [0.25, 0.3) is 11.8 Å². The summed E-state index contributed by atoms with van der Waals surface area (Å²) >= 11 is 2.28. The van der Waals surface area contributed by atoms with Crippen LogP contribution in [0.5, 0.6) is 0 Å². The van der Waals surface area contributed by atoms with Gasteiger partial charge in [0.15, 0.2) is 24.1 Å². The van der Waals surface area contributed by atoms with Crippen molar-refractivity contribution in [1.29, 1.82) is 0 Å². The Hall–Kier alpha value is -3.52. The number of carboxylic acid groups (broad SMARTS) is 1. The van der Waals surface area contributed by atoms with Crippen LogP contribution < -0.4 is 15.6 Å². The van der Waals surface area contributed by atoms with Gasteiger partial charge in [-0.3, -0.25) is 14.5 Å². The molecule has 4 rings (SSSR count). The molecule has 0 saturated carbocycles. The smallest absolute Gasteiger partial charge is 0.352 e. The van der Waals surface area contributed by atoms with Crippen LogP contribution in [0.1, 0.15) is 18.3 Å². The van der Waals surface area contributed by atoms with E-state index in [-0.39, 0.29) is 29.0 Å². The van der Waals surface area contributed by atoms with Crippen molar-refractivity contribution in [3.63, 3.8) is 0 Å². The van der Waals surface area contributed by atoms with Gasteiger partial charge in [-0.05, 0) is 19.9 Å². The Morgan fingerprint density at radius 1 is 1.47 bits per heavy atom. The summed E-state index contributed by atoms with van der Waals surface area (Å²) < 4.78 is 5.85. The quantitative estimate of drug-likeness (QED) is 0.193. The molecule has 2 aromatic heterocycles. The Bertz CT molecular complexity index is 1210. The molecule has 2 atom stereocenters. The van der Waals surface area contributed by atoms with Gasteiger partial charge in [0.1, 0.15) is 23.7 Å². The summed E-state index contributed by atoms with van der Waals surface area (Å²) in [5.41, 5.74) is 6.98. The molecule has 0 radical (unpaired) electrons.